The van der Waals surface area contributed by atoms with Gasteiger partial charge >= 0.3 is 11.7 Å². The number of carboxylic acid groups (broad SMARTS) is 1. The molecule has 1 unspecified atom stereocenters. The summed E-state index contributed by atoms with van der Waals surface area (Å²) in [5, 5.41) is 9.09. The lowest BCUT2D eigenvalue weighted by atomic mass is 10.1. The first kappa shape index (κ1) is 13.1. The van der Waals surface area contributed by atoms with Crippen molar-refractivity contribution in [3.05, 3.63) is 64.3 Å². The van der Waals surface area contributed by atoms with Crippen molar-refractivity contribution in [1.82, 2.24) is 14.5 Å². The quantitative estimate of drug-likeness (QED) is 0.769. The highest BCUT2D eigenvalue weighted by Gasteiger charge is 2.16. The van der Waals surface area contributed by atoms with Crippen molar-refractivity contribution in [2.45, 2.75) is 13.0 Å². The van der Waals surface area contributed by atoms with E-state index in [-0.39, 0.29) is 17.3 Å². The number of aromatic carboxylic acids is 1. The van der Waals surface area contributed by atoms with E-state index in [2.05, 4.69) is 9.97 Å². The second-order valence-electron chi connectivity index (χ2n) is 4.79. The van der Waals surface area contributed by atoms with Crippen molar-refractivity contribution in [1.29, 1.82) is 0 Å². The van der Waals surface area contributed by atoms with Crippen LogP contribution in [0.3, 0.4) is 0 Å². The van der Waals surface area contributed by atoms with E-state index in [0.717, 1.165) is 5.56 Å². The standard InChI is InChI=1S/C15H13N3O3/c1-9(10-4-6-16-7-5-10)18-13-8-11(14(19)20)2-3-12(13)17-15(18)21/h2-9H,1H3,(H,17,21)(H,19,20). The van der Waals surface area contributed by atoms with Gasteiger partial charge in [-0.05, 0) is 42.8 Å². The van der Waals surface area contributed by atoms with Crippen LogP contribution in [0.25, 0.3) is 11.0 Å². The molecule has 2 N–H and O–H groups in total. The molecule has 3 aromatic rings. The average molecular weight is 283 g/mol. The van der Waals surface area contributed by atoms with Gasteiger partial charge in [0.15, 0.2) is 0 Å². The molecule has 1 aromatic carbocycles. The predicted octanol–water partition coefficient (Wildman–Crippen LogP) is 2.03. The van der Waals surface area contributed by atoms with Crippen LogP contribution in [0.15, 0.2) is 47.5 Å². The van der Waals surface area contributed by atoms with E-state index in [0.29, 0.717) is 11.0 Å². The molecular weight excluding hydrogens is 270 g/mol. The Morgan fingerprint density at radius 3 is 2.67 bits per heavy atom. The van der Waals surface area contributed by atoms with Gasteiger partial charge in [0.2, 0.25) is 0 Å². The van der Waals surface area contributed by atoms with Crippen molar-refractivity contribution in [2.24, 2.45) is 0 Å². The van der Waals surface area contributed by atoms with Gasteiger partial charge in [0.1, 0.15) is 0 Å². The van der Waals surface area contributed by atoms with E-state index in [1.807, 2.05) is 19.1 Å². The second-order valence-corrected chi connectivity index (χ2v) is 4.79. The third-order valence-electron chi connectivity index (χ3n) is 3.54. The van der Waals surface area contributed by atoms with Crippen molar-refractivity contribution < 1.29 is 9.90 Å². The van der Waals surface area contributed by atoms with Gasteiger partial charge in [0, 0.05) is 12.4 Å². The number of carboxylic acids is 1. The van der Waals surface area contributed by atoms with E-state index in [1.54, 1.807) is 23.0 Å². The number of nitrogens with zero attached hydrogens (tertiary/aromatic N) is 2. The van der Waals surface area contributed by atoms with E-state index >= 15 is 0 Å². The minimum absolute atomic E-state index is 0.150. The molecular formula is C15H13N3O3. The Kier molecular flexibility index (Phi) is 3.06. The first-order valence-electron chi connectivity index (χ1n) is 6.45. The van der Waals surface area contributed by atoms with Gasteiger partial charge < -0.3 is 10.1 Å². The maximum atomic E-state index is 12.2. The fourth-order valence-corrected chi connectivity index (χ4v) is 2.43. The van der Waals surface area contributed by atoms with Crippen LogP contribution in [0.5, 0.6) is 0 Å². The SMILES string of the molecule is CC(c1ccncc1)n1c(=O)[nH]c2ccc(C(=O)O)cc21. The van der Waals surface area contributed by atoms with E-state index in [1.165, 1.54) is 12.1 Å². The zero-order valence-corrected chi connectivity index (χ0v) is 11.3. The number of imidazole rings is 1. The molecule has 0 aliphatic rings. The number of benzene rings is 1. The Morgan fingerprint density at radius 1 is 1.29 bits per heavy atom. The molecule has 0 spiro atoms. The first-order valence-corrected chi connectivity index (χ1v) is 6.45. The average Bonchev–Trinajstić information content (AvgIpc) is 2.82. The van der Waals surface area contributed by atoms with Crippen LogP contribution in [-0.2, 0) is 0 Å². The van der Waals surface area contributed by atoms with Crippen molar-refractivity contribution in [2.75, 3.05) is 0 Å². The van der Waals surface area contributed by atoms with Gasteiger partial charge in [-0.15, -0.1) is 0 Å². The molecule has 3 rings (SSSR count). The molecule has 0 saturated carbocycles. The zero-order chi connectivity index (χ0) is 15.0. The molecule has 106 valence electrons. The number of H-pyrrole nitrogens is 1. The predicted molar refractivity (Wildman–Crippen MR) is 77.6 cm³/mol. The van der Waals surface area contributed by atoms with E-state index in [9.17, 15) is 9.59 Å². The highest BCUT2D eigenvalue weighted by molar-refractivity contribution is 5.92. The summed E-state index contributed by atoms with van der Waals surface area (Å²) in [6.45, 7) is 1.89. The third kappa shape index (κ3) is 2.20. The number of aromatic nitrogens is 3. The van der Waals surface area contributed by atoms with Crippen LogP contribution in [0, 0.1) is 0 Å². The number of fused-ring (bicyclic) bond motifs is 1. The molecule has 6 heteroatoms. The molecule has 2 aromatic heterocycles. The van der Waals surface area contributed by atoms with Crippen molar-refractivity contribution in [3.63, 3.8) is 0 Å². The molecule has 0 fully saturated rings. The molecule has 0 saturated heterocycles. The van der Waals surface area contributed by atoms with Crippen LogP contribution >= 0.6 is 0 Å². The Balaban J connectivity index is 2.22. The molecule has 1 atom stereocenters. The van der Waals surface area contributed by atoms with Crippen LogP contribution in [-0.4, -0.2) is 25.6 Å². The van der Waals surface area contributed by atoms with E-state index < -0.39 is 5.97 Å². The Bertz CT molecular complexity index is 865. The molecule has 6 nitrogen and oxygen atoms in total. The maximum absolute atomic E-state index is 12.2. The summed E-state index contributed by atoms with van der Waals surface area (Å²) >= 11 is 0. The largest absolute Gasteiger partial charge is 0.478 e. The van der Waals surface area contributed by atoms with Crippen molar-refractivity contribution >= 4 is 17.0 Å². The molecule has 0 radical (unpaired) electrons. The minimum Gasteiger partial charge on any atom is -0.478 e. The maximum Gasteiger partial charge on any atom is 0.335 e. The van der Waals surface area contributed by atoms with Crippen LogP contribution in [0.1, 0.15) is 28.9 Å². The van der Waals surface area contributed by atoms with E-state index in [4.69, 9.17) is 5.11 Å². The number of nitrogens with one attached hydrogen (secondary N) is 1. The number of hydrogen-bond donors (Lipinski definition) is 2. The zero-order valence-electron chi connectivity index (χ0n) is 11.3. The van der Waals surface area contributed by atoms with Gasteiger partial charge in [-0.2, -0.15) is 0 Å². The smallest absolute Gasteiger partial charge is 0.335 e. The number of rotatable bonds is 3. The summed E-state index contributed by atoms with van der Waals surface area (Å²) in [4.78, 5) is 30.0. The minimum atomic E-state index is -1.02. The normalized spacial score (nSPS) is 12.4. The Morgan fingerprint density at radius 2 is 2.00 bits per heavy atom. The third-order valence-corrected chi connectivity index (χ3v) is 3.54. The first-order chi connectivity index (χ1) is 10.1. The van der Waals surface area contributed by atoms with Crippen molar-refractivity contribution in [3.8, 4) is 0 Å². The number of carbonyl (C=O) groups is 1. The summed E-state index contributed by atoms with van der Waals surface area (Å²) < 4.78 is 1.55. The molecule has 0 aliphatic heterocycles. The van der Waals surface area contributed by atoms with Crippen LogP contribution in [0.4, 0.5) is 0 Å². The lowest BCUT2D eigenvalue weighted by Gasteiger charge is -2.13. The summed E-state index contributed by atoms with van der Waals surface area (Å²) in [6, 6.07) is 8.03. The number of aromatic amines is 1. The van der Waals surface area contributed by atoms with Crippen LogP contribution in [0.2, 0.25) is 0 Å². The summed E-state index contributed by atoms with van der Waals surface area (Å²) in [6.07, 6.45) is 3.32. The highest BCUT2D eigenvalue weighted by Crippen LogP contribution is 2.21. The van der Waals surface area contributed by atoms with Gasteiger partial charge in [0.05, 0.1) is 22.6 Å². The monoisotopic (exact) mass is 283 g/mol. The molecule has 21 heavy (non-hydrogen) atoms. The topological polar surface area (TPSA) is 88.0 Å². The lowest BCUT2D eigenvalue weighted by molar-refractivity contribution is 0.0697. The molecule has 0 bridgehead atoms. The molecule has 0 amide bonds. The van der Waals surface area contributed by atoms with Gasteiger partial charge in [-0.25, -0.2) is 9.59 Å². The summed E-state index contributed by atoms with van der Waals surface area (Å²) in [5.74, 6) is -1.02. The molecule has 0 aliphatic carbocycles. The number of hydrogen-bond acceptors (Lipinski definition) is 3. The Labute approximate surface area is 119 Å². The van der Waals surface area contributed by atoms with Gasteiger partial charge in [-0.3, -0.25) is 9.55 Å². The number of pyridine rings is 1. The lowest BCUT2D eigenvalue weighted by Crippen LogP contribution is -2.21. The van der Waals surface area contributed by atoms with Gasteiger partial charge in [-0.1, -0.05) is 0 Å². The van der Waals surface area contributed by atoms with Gasteiger partial charge in [0.25, 0.3) is 0 Å². The summed E-state index contributed by atoms with van der Waals surface area (Å²) in [7, 11) is 0. The summed E-state index contributed by atoms with van der Waals surface area (Å²) in [5.41, 5.74) is 2.00. The second kappa shape index (κ2) is 4.90. The fraction of sp³-hybridized carbons (Fsp3) is 0.133. The Hall–Kier alpha value is -2.89. The highest BCUT2D eigenvalue weighted by atomic mass is 16.4. The fourth-order valence-electron chi connectivity index (χ4n) is 2.43. The van der Waals surface area contributed by atoms with Crippen LogP contribution < -0.4 is 5.69 Å². The molecule has 2 heterocycles.